The fourth-order valence-corrected chi connectivity index (χ4v) is 4.34. The molecule has 0 spiro atoms. The van der Waals surface area contributed by atoms with Gasteiger partial charge in [0.2, 0.25) is 10.0 Å². The first-order chi connectivity index (χ1) is 9.94. The molecule has 0 heterocycles. The highest BCUT2D eigenvalue weighted by atomic mass is 32.2. The van der Waals surface area contributed by atoms with Crippen LogP contribution in [0.3, 0.4) is 0 Å². The lowest BCUT2D eigenvalue weighted by Gasteiger charge is -2.26. The topological polar surface area (TPSA) is 72.2 Å². The number of rotatable bonds is 6. The summed E-state index contributed by atoms with van der Waals surface area (Å²) in [5.41, 5.74) is 7.00. The van der Waals surface area contributed by atoms with Crippen molar-refractivity contribution in [3.05, 3.63) is 29.8 Å². The van der Waals surface area contributed by atoms with Gasteiger partial charge < -0.3 is 5.73 Å². The van der Waals surface area contributed by atoms with Gasteiger partial charge in [0.15, 0.2) is 0 Å². The van der Waals surface area contributed by atoms with Crippen molar-refractivity contribution in [3.63, 3.8) is 0 Å². The molecule has 0 aromatic heterocycles. The highest BCUT2D eigenvalue weighted by Crippen LogP contribution is 2.30. The summed E-state index contributed by atoms with van der Waals surface area (Å²) in [7, 11) is -3.27. The molecule has 2 atom stereocenters. The second kappa shape index (κ2) is 7.27. The van der Waals surface area contributed by atoms with E-state index in [1.54, 1.807) is 24.3 Å². The Bertz CT molecular complexity index is 557. The van der Waals surface area contributed by atoms with Crippen molar-refractivity contribution in [2.24, 2.45) is 11.8 Å². The maximum Gasteiger partial charge on any atom is 0.215 e. The first-order valence-electron chi connectivity index (χ1n) is 7.76. The highest BCUT2D eigenvalue weighted by Gasteiger charge is 2.19. The minimum atomic E-state index is -3.27. The van der Waals surface area contributed by atoms with Crippen molar-refractivity contribution in [2.45, 2.75) is 44.8 Å². The number of nitrogens with one attached hydrogen (secondary N) is 1. The van der Waals surface area contributed by atoms with Crippen LogP contribution in [0.1, 0.15) is 44.6 Å². The average molecular weight is 310 g/mol. The number of hydrogen-bond donors (Lipinski definition) is 2. The van der Waals surface area contributed by atoms with E-state index >= 15 is 0 Å². The van der Waals surface area contributed by atoms with Crippen molar-refractivity contribution in [1.29, 1.82) is 0 Å². The summed E-state index contributed by atoms with van der Waals surface area (Å²) in [5.74, 6) is 1.45. The Kier molecular flexibility index (Phi) is 5.65. The second-order valence-electron chi connectivity index (χ2n) is 6.32. The van der Waals surface area contributed by atoms with Crippen LogP contribution in [-0.4, -0.2) is 15.0 Å². The van der Waals surface area contributed by atoms with Crippen molar-refractivity contribution >= 4 is 15.7 Å². The lowest BCUT2D eigenvalue weighted by atomic mass is 9.81. The van der Waals surface area contributed by atoms with Crippen LogP contribution in [0.2, 0.25) is 0 Å². The van der Waals surface area contributed by atoms with Gasteiger partial charge in [0.05, 0.1) is 5.75 Å². The highest BCUT2D eigenvalue weighted by molar-refractivity contribution is 7.88. The largest absolute Gasteiger partial charge is 0.399 e. The van der Waals surface area contributed by atoms with E-state index in [0.29, 0.717) is 18.2 Å². The molecule has 1 aliphatic carbocycles. The minimum absolute atomic E-state index is 0.000883. The number of anilines is 1. The average Bonchev–Trinajstić information content (AvgIpc) is 2.38. The summed E-state index contributed by atoms with van der Waals surface area (Å²) in [4.78, 5) is 0. The van der Waals surface area contributed by atoms with Gasteiger partial charge in [0.25, 0.3) is 0 Å². The van der Waals surface area contributed by atoms with E-state index in [4.69, 9.17) is 5.73 Å². The Morgan fingerprint density at radius 1 is 1.33 bits per heavy atom. The van der Waals surface area contributed by atoms with Gasteiger partial charge >= 0.3 is 0 Å². The summed E-state index contributed by atoms with van der Waals surface area (Å²) in [6.07, 6.45) is 6.01. The molecule has 0 amide bonds. The Balaban J connectivity index is 1.78. The van der Waals surface area contributed by atoms with E-state index in [1.807, 2.05) is 0 Å². The van der Waals surface area contributed by atoms with Crippen molar-refractivity contribution in [2.75, 3.05) is 12.3 Å². The van der Waals surface area contributed by atoms with Crippen LogP contribution < -0.4 is 10.5 Å². The van der Waals surface area contributed by atoms with E-state index in [9.17, 15) is 8.42 Å². The Hall–Kier alpha value is -1.07. The van der Waals surface area contributed by atoms with Crippen LogP contribution >= 0.6 is 0 Å². The normalized spacial score (nSPS) is 23.1. The molecule has 3 N–H and O–H groups in total. The van der Waals surface area contributed by atoms with Crippen LogP contribution in [0.15, 0.2) is 24.3 Å². The van der Waals surface area contributed by atoms with Gasteiger partial charge in [0.1, 0.15) is 0 Å². The monoisotopic (exact) mass is 310 g/mol. The third-order valence-electron chi connectivity index (χ3n) is 4.23. The molecule has 2 rings (SSSR count). The summed E-state index contributed by atoms with van der Waals surface area (Å²) >= 11 is 0. The summed E-state index contributed by atoms with van der Waals surface area (Å²) in [5, 5.41) is 0. The zero-order valence-corrected chi connectivity index (χ0v) is 13.5. The van der Waals surface area contributed by atoms with Gasteiger partial charge in [-0.1, -0.05) is 38.3 Å². The van der Waals surface area contributed by atoms with E-state index < -0.39 is 10.0 Å². The molecule has 118 valence electrons. The van der Waals surface area contributed by atoms with Gasteiger partial charge in [0, 0.05) is 12.2 Å². The molecule has 5 heteroatoms. The van der Waals surface area contributed by atoms with Crippen molar-refractivity contribution < 1.29 is 8.42 Å². The molecule has 21 heavy (non-hydrogen) atoms. The Morgan fingerprint density at radius 2 is 2.14 bits per heavy atom. The first kappa shape index (κ1) is 16.3. The lowest BCUT2D eigenvalue weighted by Crippen LogP contribution is -2.28. The smallest absolute Gasteiger partial charge is 0.215 e. The van der Waals surface area contributed by atoms with Crippen molar-refractivity contribution in [3.8, 4) is 0 Å². The van der Waals surface area contributed by atoms with Gasteiger partial charge in [-0.3, -0.25) is 0 Å². The molecule has 4 nitrogen and oxygen atoms in total. The molecular formula is C16H26N2O2S. The first-order valence-corrected chi connectivity index (χ1v) is 9.41. The van der Waals surface area contributed by atoms with Crippen LogP contribution in [0.5, 0.6) is 0 Å². The van der Waals surface area contributed by atoms with E-state index in [1.165, 1.54) is 25.7 Å². The number of nitrogens with two attached hydrogens (primary N) is 1. The maximum atomic E-state index is 12.1. The van der Waals surface area contributed by atoms with Gasteiger partial charge in [-0.05, 0) is 42.4 Å². The molecule has 0 saturated heterocycles. The van der Waals surface area contributed by atoms with Crippen LogP contribution in [0.25, 0.3) is 0 Å². The molecule has 1 aromatic carbocycles. The molecule has 1 saturated carbocycles. The zero-order chi connectivity index (χ0) is 15.3. The van der Waals surface area contributed by atoms with Crippen LogP contribution in [0.4, 0.5) is 5.69 Å². The minimum Gasteiger partial charge on any atom is -0.399 e. The standard InChI is InChI=1S/C16H26N2O2S/c1-13-4-2-5-14(10-13)8-9-18-21(19,20)12-15-6-3-7-16(17)11-15/h3,6-7,11,13-14,18H,2,4-5,8-10,12,17H2,1H3. The maximum absolute atomic E-state index is 12.1. The predicted octanol–water partition coefficient (Wildman–Crippen LogP) is 2.90. The molecule has 1 fully saturated rings. The Morgan fingerprint density at radius 3 is 2.86 bits per heavy atom. The molecule has 0 radical (unpaired) electrons. The molecule has 0 aliphatic heterocycles. The Labute approximate surface area is 128 Å². The van der Waals surface area contributed by atoms with Gasteiger partial charge in [-0.25, -0.2) is 13.1 Å². The fourth-order valence-electron chi connectivity index (χ4n) is 3.19. The van der Waals surface area contributed by atoms with Gasteiger partial charge in [-0.15, -0.1) is 0 Å². The van der Waals surface area contributed by atoms with E-state index in [-0.39, 0.29) is 5.75 Å². The number of hydrogen-bond acceptors (Lipinski definition) is 3. The summed E-state index contributed by atoms with van der Waals surface area (Å²) in [6.45, 7) is 2.83. The molecule has 0 bridgehead atoms. The zero-order valence-electron chi connectivity index (χ0n) is 12.7. The van der Waals surface area contributed by atoms with E-state index in [2.05, 4.69) is 11.6 Å². The predicted molar refractivity (Wildman–Crippen MR) is 87.2 cm³/mol. The number of benzene rings is 1. The SMILES string of the molecule is CC1CCCC(CCNS(=O)(=O)Cc2cccc(N)c2)C1. The van der Waals surface area contributed by atoms with Crippen molar-refractivity contribution in [1.82, 2.24) is 4.72 Å². The lowest BCUT2D eigenvalue weighted by molar-refractivity contribution is 0.271. The summed E-state index contributed by atoms with van der Waals surface area (Å²) < 4.78 is 26.9. The fraction of sp³-hybridized carbons (Fsp3) is 0.625. The number of sulfonamides is 1. The third-order valence-corrected chi connectivity index (χ3v) is 5.58. The molecular weight excluding hydrogens is 284 g/mol. The third kappa shape index (κ3) is 5.67. The summed E-state index contributed by atoms with van der Waals surface area (Å²) in [6, 6.07) is 7.04. The van der Waals surface area contributed by atoms with Gasteiger partial charge in [-0.2, -0.15) is 0 Å². The quantitative estimate of drug-likeness (QED) is 0.794. The molecule has 1 aromatic rings. The molecule has 2 unspecified atom stereocenters. The van der Waals surface area contributed by atoms with Crippen LogP contribution in [0, 0.1) is 11.8 Å². The second-order valence-corrected chi connectivity index (χ2v) is 8.13. The van der Waals surface area contributed by atoms with E-state index in [0.717, 1.165) is 17.9 Å². The molecule has 1 aliphatic rings. The number of nitrogen functional groups attached to an aromatic ring is 1. The van der Waals surface area contributed by atoms with Crippen LogP contribution in [-0.2, 0) is 15.8 Å².